The molecule has 0 amide bonds. The van der Waals surface area contributed by atoms with Crippen LogP contribution in [0.15, 0.2) is 48.6 Å². The van der Waals surface area contributed by atoms with Gasteiger partial charge in [-0.25, -0.2) is 4.79 Å². The zero-order valence-electron chi connectivity index (χ0n) is 8.73. The second-order valence-electron chi connectivity index (χ2n) is 3.37. The first-order valence-corrected chi connectivity index (χ1v) is 4.74. The SMILES string of the molecule is C=C(CC=C(C)c1ccccc1)C(=O)O. The van der Waals surface area contributed by atoms with Gasteiger partial charge in [0.2, 0.25) is 0 Å². The summed E-state index contributed by atoms with van der Waals surface area (Å²) in [6, 6.07) is 9.86. The van der Waals surface area contributed by atoms with E-state index in [0.717, 1.165) is 11.1 Å². The van der Waals surface area contributed by atoms with Crippen molar-refractivity contribution in [3.8, 4) is 0 Å². The molecule has 15 heavy (non-hydrogen) atoms. The van der Waals surface area contributed by atoms with E-state index in [1.165, 1.54) is 0 Å². The smallest absolute Gasteiger partial charge is 0.331 e. The summed E-state index contributed by atoms with van der Waals surface area (Å²) in [6.45, 7) is 5.44. The third-order valence-electron chi connectivity index (χ3n) is 2.19. The van der Waals surface area contributed by atoms with Crippen LogP contribution in [-0.4, -0.2) is 11.1 Å². The molecule has 0 bridgehead atoms. The molecule has 0 heterocycles. The Morgan fingerprint density at radius 1 is 1.40 bits per heavy atom. The monoisotopic (exact) mass is 202 g/mol. The standard InChI is InChI=1S/C13H14O2/c1-10(8-9-11(2)13(14)15)12-6-4-3-5-7-12/h3-8H,2,9H2,1H3,(H,14,15). The van der Waals surface area contributed by atoms with Gasteiger partial charge in [-0.2, -0.15) is 0 Å². The molecular formula is C13H14O2. The summed E-state index contributed by atoms with van der Waals surface area (Å²) in [5.74, 6) is -0.938. The fourth-order valence-corrected chi connectivity index (χ4v) is 1.18. The molecule has 0 radical (unpaired) electrons. The second kappa shape index (κ2) is 5.15. The number of hydrogen-bond donors (Lipinski definition) is 1. The molecular weight excluding hydrogens is 188 g/mol. The van der Waals surface area contributed by atoms with Crippen LogP contribution in [0.3, 0.4) is 0 Å². The van der Waals surface area contributed by atoms with Crippen LogP contribution in [0.4, 0.5) is 0 Å². The Labute approximate surface area is 89.6 Å². The third-order valence-corrected chi connectivity index (χ3v) is 2.19. The van der Waals surface area contributed by atoms with Crippen molar-refractivity contribution in [1.82, 2.24) is 0 Å². The number of rotatable bonds is 4. The lowest BCUT2D eigenvalue weighted by molar-refractivity contribution is -0.132. The zero-order chi connectivity index (χ0) is 11.3. The number of carboxylic acids is 1. The number of hydrogen-bond acceptors (Lipinski definition) is 1. The van der Waals surface area contributed by atoms with Gasteiger partial charge in [-0.1, -0.05) is 43.0 Å². The van der Waals surface area contributed by atoms with Gasteiger partial charge in [-0.05, 0) is 24.5 Å². The molecule has 0 fully saturated rings. The molecule has 0 aliphatic heterocycles. The highest BCUT2D eigenvalue weighted by atomic mass is 16.4. The molecule has 1 aromatic rings. The van der Waals surface area contributed by atoms with Gasteiger partial charge in [0.1, 0.15) is 0 Å². The van der Waals surface area contributed by atoms with E-state index in [2.05, 4.69) is 6.58 Å². The first kappa shape index (κ1) is 11.2. The van der Waals surface area contributed by atoms with Crippen molar-refractivity contribution in [2.75, 3.05) is 0 Å². The first-order chi connectivity index (χ1) is 7.11. The van der Waals surface area contributed by atoms with Crippen LogP contribution < -0.4 is 0 Å². The van der Waals surface area contributed by atoms with Crippen molar-refractivity contribution in [3.63, 3.8) is 0 Å². The molecule has 0 saturated carbocycles. The molecule has 0 unspecified atom stereocenters. The van der Waals surface area contributed by atoms with Crippen LogP contribution in [0.2, 0.25) is 0 Å². The van der Waals surface area contributed by atoms with E-state index in [4.69, 9.17) is 5.11 Å². The van der Waals surface area contributed by atoms with Gasteiger partial charge in [0.05, 0.1) is 0 Å². The van der Waals surface area contributed by atoms with Crippen LogP contribution in [0, 0.1) is 0 Å². The van der Waals surface area contributed by atoms with Gasteiger partial charge in [-0.15, -0.1) is 0 Å². The Bertz CT molecular complexity index is 388. The molecule has 2 heteroatoms. The lowest BCUT2D eigenvalue weighted by atomic mass is 10.1. The Morgan fingerprint density at radius 2 is 2.00 bits per heavy atom. The van der Waals surface area contributed by atoms with E-state index < -0.39 is 5.97 Å². The fraction of sp³-hybridized carbons (Fsp3) is 0.154. The van der Waals surface area contributed by atoms with Crippen molar-refractivity contribution >= 4 is 11.5 Å². The predicted molar refractivity (Wildman–Crippen MR) is 61.5 cm³/mol. The highest BCUT2D eigenvalue weighted by Crippen LogP contribution is 2.14. The molecule has 0 aliphatic carbocycles. The minimum atomic E-state index is -0.938. The summed E-state index contributed by atoms with van der Waals surface area (Å²) in [4.78, 5) is 10.5. The molecule has 2 nitrogen and oxygen atoms in total. The van der Waals surface area contributed by atoms with Crippen molar-refractivity contribution in [2.24, 2.45) is 0 Å². The second-order valence-corrected chi connectivity index (χ2v) is 3.37. The van der Waals surface area contributed by atoms with E-state index in [-0.39, 0.29) is 5.57 Å². The van der Waals surface area contributed by atoms with Crippen molar-refractivity contribution < 1.29 is 9.90 Å². The minimum absolute atomic E-state index is 0.213. The van der Waals surface area contributed by atoms with Gasteiger partial charge < -0.3 is 5.11 Å². The average Bonchev–Trinajstić information content (AvgIpc) is 2.26. The van der Waals surface area contributed by atoms with Gasteiger partial charge in [0.15, 0.2) is 0 Å². The Hall–Kier alpha value is -1.83. The van der Waals surface area contributed by atoms with E-state index in [1.54, 1.807) is 0 Å². The summed E-state index contributed by atoms with van der Waals surface area (Å²) in [6.07, 6.45) is 2.27. The summed E-state index contributed by atoms with van der Waals surface area (Å²) in [5.41, 5.74) is 2.39. The Kier molecular flexibility index (Phi) is 3.86. The quantitative estimate of drug-likeness (QED) is 0.761. The molecule has 0 spiro atoms. The molecule has 0 aliphatic rings. The summed E-state index contributed by atoms with van der Waals surface area (Å²) in [7, 11) is 0. The van der Waals surface area contributed by atoms with Crippen LogP contribution >= 0.6 is 0 Å². The molecule has 1 aromatic carbocycles. The summed E-state index contributed by atoms with van der Waals surface area (Å²) < 4.78 is 0. The topological polar surface area (TPSA) is 37.3 Å². The van der Waals surface area contributed by atoms with E-state index in [9.17, 15) is 4.79 Å². The molecule has 1 N–H and O–H groups in total. The largest absolute Gasteiger partial charge is 0.478 e. The minimum Gasteiger partial charge on any atom is -0.478 e. The van der Waals surface area contributed by atoms with Crippen molar-refractivity contribution in [3.05, 3.63) is 54.1 Å². The number of aliphatic carboxylic acids is 1. The van der Waals surface area contributed by atoms with Gasteiger partial charge in [-0.3, -0.25) is 0 Å². The first-order valence-electron chi connectivity index (χ1n) is 4.74. The molecule has 0 saturated heterocycles. The number of allylic oxidation sites excluding steroid dienone is 2. The van der Waals surface area contributed by atoms with Crippen LogP contribution in [0.25, 0.3) is 5.57 Å². The van der Waals surface area contributed by atoms with Crippen molar-refractivity contribution in [2.45, 2.75) is 13.3 Å². The van der Waals surface area contributed by atoms with Crippen LogP contribution in [0.1, 0.15) is 18.9 Å². The molecule has 0 aromatic heterocycles. The Morgan fingerprint density at radius 3 is 2.53 bits per heavy atom. The van der Waals surface area contributed by atoms with E-state index >= 15 is 0 Å². The summed E-state index contributed by atoms with van der Waals surface area (Å²) in [5, 5.41) is 8.64. The van der Waals surface area contributed by atoms with Crippen LogP contribution in [-0.2, 0) is 4.79 Å². The average molecular weight is 202 g/mol. The third kappa shape index (κ3) is 3.43. The highest BCUT2D eigenvalue weighted by molar-refractivity contribution is 5.86. The maximum Gasteiger partial charge on any atom is 0.331 e. The fourth-order valence-electron chi connectivity index (χ4n) is 1.18. The maximum absolute atomic E-state index is 10.5. The highest BCUT2D eigenvalue weighted by Gasteiger charge is 2.01. The number of carboxylic acid groups (broad SMARTS) is 1. The normalized spacial score (nSPS) is 11.1. The van der Waals surface area contributed by atoms with E-state index in [1.807, 2.05) is 43.3 Å². The van der Waals surface area contributed by atoms with Gasteiger partial charge >= 0.3 is 5.97 Å². The van der Waals surface area contributed by atoms with Gasteiger partial charge in [0.25, 0.3) is 0 Å². The molecule has 0 atom stereocenters. The Balaban J connectivity index is 2.69. The van der Waals surface area contributed by atoms with E-state index in [0.29, 0.717) is 6.42 Å². The van der Waals surface area contributed by atoms with Crippen molar-refractivity contribution in [1.29, 1.82) is 0 Å². The predicted octanol–water partition coefficient (Wildman–Crippen LogP) is 3.12. The van der Waals surface area contributed by atoms with Crippen LogP contribution in [0.5, 0.6) is 0 Å². The maximum atomic E-state index is 10.5. The lowest BCUT2D eigenvalue weighted by Crippen LogP contribution is -1.97. The lowest BCUT2D eigenvalue weighted by Gasteiger charge is -2.01. The molecule has 78 valence electrons. The number of carbonyl (C=O) groups is 1. The molecule has 1 rings (SSSR count). The summed E-state index contributed by atoms with van der Waals surface area (Å²) >= 11 is 0. The zero-order valence-corrected chi connectivity index (χ0v) is 8.73. The van der Waals surface area contributed by atoms with Gasteiger partial charge in [0, 0.05) is 5.57 Å². The number of benzene rings is 1.